The Kier molecular flexibility index (Phi) is 8.76. The van der Waals surface area contributed by atoms with Crippen molar-refractivity contribution in [3.8, 4) is 28.0 Å². The Morgan fingerprint density at radius 1 is 1.27 bits per heavy atom. The van der Waals surface area contributed by atoms with Crippen LogP contribution < -0.4 is 4.74 Å². The van der Waals surface area contributed by atoms with E-state index in [9.17, 15) is 10.1 Å². The second kappa shape index (κ2) is 11.3. The van der Waals surface area contributed by atoms with Gasteiger partial charge in [-0.25, -0.2) is 4.98 Å². The van der Waals surface area contributed by atoms with Gasteiger partial charge < -0.3 is 19.4 Å². The van der Waals surface area contributed by atoms with E-state index < -0.39 is 10.5 Å². The van der Waals surface area contributed by atoms with Crippen molar-refractivity contribution in [1.82, 2.24) is 9.97 Å². The summed E-state index contributed by atoms with van der Waals surface area (Å²) >= 11 is 3.71. The van der Waals surface area contributed by atoms with Gasteiger partial charge >= 0.3 is 5.82 Å². The summed E-state index contributed by atoms with van der Waals surface area (Å²) in [6, 6.07) is 9.22. The van der Waals surface area contributed by atoms with Crippen LogP contribution in [-0.2, 0) is 11.1 Å². The number of hydrogen-bond donors (Lipinski definition) is 0. The Balaban J connectivity index is 1.81. The molecule has 0 fully saturated rings. The number of thiazole rings is 1. The fourth-order valence-electron chi connectivity index (χ4n) is 2.75. The maximum atomic E-state index is 11.5. The van der Waals surface area contributed by atoms with E-state index in [2.05, 4.69) is 57.7 Å². The first-order chi connectivity index (χ1) is 15.7. The van der Waals surface area contributed by atoms with Gasteiger partial charge in [0.1, 0.15) is 18.4 Å². The minimum Gasteiger partial charge on any atom is -0.481 e. The van der Waals surface area contributed by atoms with Crippen molar-refractivity contribution in [2.45, 2.75) is 45.8 Å². The number of benzene rings is 1. The Hall–Kier alpha value is -2.12. The first kappa shape index (κ1) is 25.5. The zero-order valence-electron chi connectivity index (χ0n) is 18.6. The van der Waals surface area contributed by atoms with Crippen molar-refractivity contribution in [3.63, 3.8) is 0 Å². The van der Waals surface area contributed by atoms with Crippen LogP contribution in [0.4, 0.5) is 5.82 Å². The van der Waals surface area contributed by atoms with Gasteiger partial charge in [0.25, 0.3) is 0 Å². The van der Waals surface area contributed by atoms with Crippen LogP contribution in [0.5, 0.6) is 5.75 Å². The van der Waals surface area contributed by atoms with Crippen LogP contribution >= 0.6 is 39.8 Å². The molecule has 0 amide bonds. The van der Waals surface area contributed by atoms with Crippen LogP contribution in [0.15, 0.2) is 42.7 Å². The van der Waals surface area contributed by atoms with Crippen molar-refractivity contribution in [1.29, 1.82) is 0 Å². The number of nitro groups is 1. The van der Waals surface area contributed by atoms with Gasteiger partial charge in [0.2, 0.25) is 5.75 Å². The van der Waals surface area contributed by atoms with E-state index >= 15 is 0 Å². The van der Waals surface area contributed by atoms with Crippen molar-refractivity contribution in [3.05, 3.63) is 69.0 Å². The minimum absolute atomic E-state index is 0.117. The zero-order chi connectivity index (χ0) is 24.0. The monoisotopic (exact) mass is 595 g/mol. The first-order valence-corrected chi connectivity index (χ1v) is 14.9. The summed E-state index contributed by atoms with van der Waals surface area (Å²) in [7, 11) is 0. The molecule has 0 bridgehead atoms. The van der Waals surface area contributed by atoms with Crippen molar-refractivity contribution < 1.29 is 14.2 Å². The number of nitrogens with zero attached hydrogens (tertiary/aromatic N) is 3. The number of hydrogen-bond acceptors (Lipinski definition) is 7. The minimum atomic E-state index is -0.539. The molecule has 3 rings (SSSR count). The second-order valence-electron chi connectivity index (χ2n) is 7.95. The van der Waals surface area contributed by atoms with Crippen LogP contribution in [0.25, 0.3) is 10.4 Å². The molecule has 1 aromatic carbocycles. The fraction of sp³-hybridized carbons (Fsp3) is 0.304. The Morgan fingerprint density at radius 3 is 2.73 bits per heavy atom. The Labute approximate surface area is 211 Å². The summed E-state index contributed by atoms with van der Waals surface area (Å²) < 4.78 is 11.5. The molecule has 0 saturated heterocycles. The second-order valence-corrected chi connectivity index (χ2v) is 10.7. The molecule has 7 nitrogen and oxygen atoms in total. The molecular weight excluding hydrogens is 572 g/mol. The molecule has 0 radical (unpaired) electrons. The van der Waals surface area contributed by atoms with Gasteiger partial charge in [-0.3, -0.25) is 0 Å². The van der Waals surface area contributed by atoms with E-state index in [0.29, 0.717) is 12.4 Å². The molecule has 0 saturated carbocycles. The number of pyridine rings is 1. The van der Waals surface area contributed by atoms with Crippen molar-refractivity contribution >= 4 is 45.6 Å². The van der Waals surface area contributed by atoms with E-state index in [1.807, 2.05) is 38.1 Å². The largest absolute Gasteiger partial charge is 0.481 e. The third-order valence-corrected chi connectivity index (χ3v) is 7.03. The van der Waals surface area contributed by atoms with E-state index in [0.717, 1.165) is 26.6 Å². The lowest BCUT2D eigenvalue weighted by atomic mass is 10.1. The lowest BCUT2D eigenvalue weighted by molar-refractivity contribution is -0.390. The summed E-state index contributed by atoms with van der Waals surface area (Å²) in [5.41, 5.74) is 1.86. The van der Waals surface area contributed by atoms with Crippen LogP contribution in [0.1, 0.15) is 49.7 Å². The fourth-order valence-corrected chi connectivity index (χ4v) is 5.54. The molecule has 172 valence electrons. The van der Waals surface area contributed by atoms with Gasteiger partial charge in [-0.15, -0.1) is 11.3 Å². The summed E-state index contributed by atoms with van der Waals surface area (Å²) in [6.07, 6.45) is 3.25. The number of rotatable bonds is 8. The molecule has 0 aliphatic heterocycles. The first-order valence-electron chi connectivity index (χ1n) is 10.1. The predicted octanol–water partition coefficient (Wildman–Crippen LogP) is 6.91. The topological polar surface area (TPSA) is 87.4 Å². The molecule has 0 N–H and O–H groups in total. The van der Waals surface area contributed by atoms with E-state index in [1.165, 1.54) is 6.20 Å². The summed E-state index contributed by atoms with van der Waals surface area (Å²) in [6.45, 7) is 8.46. The third kappa shape index (κ3) is 7.18. The molecule has 0 spiro atoms. The predicted molar refractivity (Wildman–Crippen MR) is 141 cm³/mol. The standard InChI is InChI=1S/C23H23IN3O4PS/c1-15(2)22-26-13-20(33-22)18-11-19(21(25-12-18)27(28)29)30-14-17-7-5-6-16(10-17)8-9-23(3,4)31-32-24/h5-7,10-13,15,32H,14H2,1-4H3. The van der Waals surface area contributed by atoms with Crippen LogP contribution in [0.2, 0.25) is 0 Å². The molecule has 2 aromatic heterocycles. The number of ether oxygens (including phenoxy) is 1. The molecule has 1 atom stereocenters. The third-order valence-electron chi connectivity index (χ3n) is 4.43. The highest BCUT2D eigenvalue weighted by Gasteiger charge is 2.20. The molecule has 1 unspecified atom stereocenters. The lowest BCUT2D eigenvalue weighted by Crippen LogP contribution is -2.16. The summed E-state index contributed by atoms with van der Waals surface area (Å²) in [4.78, 5) is 20.3. The smallest absolute Gasteiger partial charge is 0.406 e. The van der Waals surface area contributed by atoms with Gasteiger partial charge in [-0.2, -0.15) is 0 Å². The Morgan fingerprint density at radius 2 is 2.06 bits per heavy atom. The molecule has 33 heavy (non-hydrogen) atoms. The summed E-state index contributed by atoms with van der Waals surface area (Å²) in [5, 5.41) is 12.5. The molecule has 0 aliphatic carbocycles. The highest BCUT2D eigenvalue weighted by Crippen LogP contribution is 2.34. The zero-order valence-corrected chi connectivity index (χ0v) is 22.6. The van der Waals surface area contributed by atoms with Crippen LogP contribution in [0.3, 0.4) is 0 Å². The Bertz CT molecular complexity index is 1200. The van der Waals surface area contributed by atoms with Gasteiger partial charge in [0.15, 0.2) is 0 Å². The molecule has 3 aromatic rings. The number of aromatic nitrogens is 2. The van der Waals surface area contributed by atoms with Gasteiger partial charge in [-0.05, 0) is 63.5 Å². The van der Waals surface area contributed by atoms with Gasteiger partial charge in [0.05, 0.1) is 16.3 Å². The van der Waals surface area contributed by atoms with E-state index in [-0.39, 0.29) is 18.2 Å². The molecule has 2 heterocycles. The van der Waals surface area contributed by atoms with Gasteiger partial charge in [-0.1, -0.05) is 37.8 Å². The molecular formula is C23H23IN3O4PS. The normalized spacial score (nSPS) is 11.6. The quantitative estimate of drug-likeness (QED) is 0.0926. The van der Waals surface area contributed by atoms with E-state index in [1.54, 1.807) is 23.6 Å². The summed E-state index contributed by atoms with van der Waals surface area (Å²) in [5.74, 6) is 6.35. The van der Waals surface area contributed by atoms with Crippen molar-refractivity contribution in [2.24, 2.45) is 0 Å². The lowest BCUT2D eigenvalue weighted by Gasteiger charge is -2.15. The number of halogens is 1. The SMILES string of the molecule is CC(C)c1ncc(-c2cnc([N+](=O)[O-])c(OCc3cccc(C#CC(C)(C)OPI)c3)c2)s1. The highest BCUT2D eigenvalue weighted by molar-refractivity contribution is 14.2. The average Bonchev–Trinajstić information content (AvgIpc) is 3.27. The average molecular weight is 595 g/mol. The van der Waals surface area contributed by atoms with Crippen LogP contribution in [0, 0.1) is 22.0 Å². The molecule has 10 heteroatoms. The maximum Gasteiger partial charge on any atom is 0.406 e. The molecule has 0 aliphatic rings. The highest BCUT2D eigenvalue weighted by atomic mass is 127. The maximum absolute atomic E-state index is 11.5. The van der Waals surface area contributed by atoms with Gasteiger partial charge in [0, 0.05) is 29.3 Å². The van der Waals surface area contributed by atoms with Crippen LogP contribution in [-0.4, -0.2) is 20.5 Å². The van der Waals surface area contributed by atoms with E-state index in [4.69, 9.17) is 9.26 Å². The van der Waals surface area contributed by atoms with Crippen molar-refractivity contribution in [2.75, 3.05) is 0 Å².